The molecule has 0 aliphatic heterocycles. The number of methoxy groups -OCH3 is 1. The van der Waals surface area contributed by atoms with Crippen LogP contribution in [-0.2, 0) is 21.2 Å². The molecule has 0 saturated carbocycles. The number of halogens is 1. The molecule has 2 N–H and O–H groups in total. The van der Waals surface area contributed by atoms with Crippen LogP contribution in [0.4, 0.5) is 0 Å². The second kappa shape index (κ2) is 8.94. The molecule has 0 heterocycles. The van der Waals surface area contributed by atoms with Gasteiger partial charge in [0, 0.05) is 10.6 Å². The van der Waals surface area contributed by atoms with Crippen LogP contribution >= 0.6 is 11.6 Å². The Morgan fingerprint density at radius 3 is 2.36 bits per heavy atom. The fourth-order valence-electron chi connectivity index (χ4n) is 2.61. The molecule has 152 valence electrons. The Morgan fingerprint density at radius 1 is 1.14 bits per heavy atom. The molecule has 0 spiro atoms. The van der Waals surface area contributed by atoms with Crippen LogP contribution < -0.4 is 14.8 Å². The fourth-order valence-corrected chi connectivity index (χ4v) is 4.23. The molecule has 6 nitrogen and oxygen atoms in total. The highest BCUT2D eigenvalue weighted by molar-refractivity contribution is 7.89. The first-order chi connectivity index (χ1) is 13.0. The molecule has 0 aliphatic rings. The van der Waals surface area contributed by atoms with E-state index in [-0.39, 0.29) is 22.1 Å². The standard InChI is InChI=1S/C20H25ClN2O4S/c1-20(2,3)22-19(24)16(12-14-8-6-5-7-9-14)23-28(25,26)18-13-15(21)10-11-17(18)27-4/h5-11,13,16,23H,12H2,1-4H3,(H,22,24). The van der Waals surface area contributed by atoms with Crippen LogP contribution in [0.5, 0.6) is 5.75 Å². The fraction of sp³-hybridized carbons (Fsp3) is 0.350. The molecule has 1 atom stereocenters. The van der Waals surface area contributed by atoms with Crippen LogP contribution in [0.2, 0.25) is 5.02 Å². The summed E-state index contributed by atoms with van der Waals surface area (Å²) in [5, 5.41) is 3.08. The Kier molecular flexibility index (Phi) is 7.09. The number of carbonyl (C=O) groups excluding carboxylic acids is 1. The van der Waals surface area contributed by atoms with Gasteiger partial charge in [0.05, 0.1) is 7.11 Å². The van der Waals surface area contributed by atoms with E-state index in [4.69, 9.17) is 16.3 Å². The number of hydrogen-bond donors (Lipinski definition) is 2. The van der Waals surface area contributed by atoms with Gasteiger partial charge < -0.3 is 10.1 Å². The normalized spacial score (nSPS) is 13.0. The molecule has 0 aromatic heterocycles. The number of ether oxygens (including phenoxy) is 1. The summed E-state index contributed by atoms with van der Waals surface area (Å²) in [5.41, 5.74) is 0.322. The van der Waals surface area contributed by atoms with E-state index in [1.165, 1.54) is 25.3 Å². The van der Waals surface area contributed by atoms with Crippen LogP contribution in [-0.4, -0.2) is 33.0 Å². The Labute approximate surface area is 171 Å². The Bertz CT molecular complexity index is 925. The molecule has 0 bridgehead atoms. The molecule has 28 heavy (non-hydrogen) atoms. The molecular weight excluding hydrogens is 400 g/mol. The lowest BCUT2D eigenvalue weighted by Gasteiger charge is -2.26. The molecule has 1 amide bonds. The SMILES string of the molecule is COc1ccc(Cl)cc1S(=O)(=O)NC(Cc1ccccc1)C(=O)NC(C)(C)C. The molecule has 0 radical (unpaired) electrons. The van der Waals surface area contributed by atoms with Crippen molar-refractivity contribution in [2.45, 2.75) is 43.7 Å². The van der Waals surface area contributed by atoms with Crippen molar-refractivity contribution in [2.75, 3.05) is 7.11 Å². The van der Waals surface area contributed by atoms with Crippen molar-refractivity contribution >= 4 is 27.5 Å². The highest BCUT2D eigenvalue weighted by Gasteiger charge is 2.30. The number of rotatable bonds is 7. The average Bonchev–Trinajstić information content (AvgIpc) is 2.60. The summed E-state index contributed by atoms with van der Waals surface area (Å²) in [6, 6.07) is 12.5. The highest BCUT2D eigenvalue weighted by atomic mass is 35.5. The van der Waals surface area contributed by atoms with Crippen molar-refractivity contribution < 1.29 is 17.9 Å². The molecule has 2 aromatic carbocycles. The van der Waals surface area contributed by atoms with E-state index in [1.54, 1.807) is 0 Å². The first-order valence-corrected chi connectivity index (χ1v) is 10.6. The van der Waals surface area contributed by atoms with Crippen LogP contribution in [0, 0.1) is 0 Å². The lowest BCUT2D eigenvalue weighted by atomic mass is 10.0. The van der Waals surface area contributed by atoms with Crippen molar-refractivity contribution in [2.24, 2.45) is 0 Å². The first kappa shape index (κ1) is 22.2. The predicted molar refractivity (Wildman–Crippen MR) is 110 cm³/mol. The molecule has 8 heteroatoms. The number of carbonyl (C=O) groups is 1. The molecule has 2 rings (SSSR count). The quantitative estimate of drug-likeness (QED) is 0.715. The van der Waals surface area contributed by atoms with Crippen LogP contribution in [0.25, 0.3) is 0 Å². The summed E-state index contributed by atoms with van der Waals surface area (Å²) in [4.78, 5) is 12.7. The van der Waals surface area contributed by atoms with Crippen molar-refractivity contribution in [3.05, 3.63) is 59.1 Å². The second-order valence-corrected chi connectivity index (χ2v) is 9.52. The number of amides is 1. The zero-order chi connectivity index (χ0) is 20.9. The van der Waals surface area contributed by atoms with Gasteiger partial charge in [-0.15, -0.1) is 0 Å². The Hall–Kier alpha value is -2.09. The third kappa shape index (κ3) is 6.22. The third-order valence-electron chi connectivity index (χ3n) is 3.81. The summed E-state index contributed by atoms with van der Waals surface area (Å²) < 4.78 is 33.7. The van der Waals surface area contributed by atoms with Crippen LogP contribution in [0.3, 0.4) is 0 Å². The zero-order valence-electron chi connectivity index (χ0n) is 16.3. The van der Waals surface area contributed by atoms with Crippen molar-refractivity contribution in [3.63, 3.8) is 0 Å². The topological polar surface area (TPSA) is 84.5 Å². The lowest BCUT2D eigenvalue weighted by molar-refractivity contribution is -0.124. The predicted octanol–water partition coefficient (Wildman–Crippen LogP) is 3.15. The molecule has 1 unspecified atom stereocenters. The van der Waals surface area contributed by atoms with E-state index in [0.717, 1.165) is 5.56 Å². The van der Waals surface area contributed by atoms with Gasteiger partial charge in [0.25, 0.3) is 0 Å². The van der Waals surface area contributed by atoms with E-state index < -0.39 is 27.5 Å². The minimum atomic E-state index is -4.07. The molecule has 0 fully saturated rings. The van der Waals surface area contributed by atoms with Gasteiger partial charge in [-0.05, 0) is 51.0 Å². The summed E-state index contributed by atoms with van der Waals surface area (Å²) in [6.45, 7) is 5.50. The van der Waals surface area contributed by atoms with Gasteiger partial charge in [-0.2, -0.15) is 4.72 Å². The van der Waals surface area contributed by atoms with Crippen LogP contribution in [0.1, 0.15) is 26.3 Å². The maximum Gasteiger partial charge on any atom is 0.245 e. The van der Waals surface area contributed by atoms with Gasteiger partial charge in [0.15, 0.2) is 0 Å². The Morgan fingerprint density at radius 2 is 1.79 bits per heavy atom. The van der Waals surface area contributed by atoms with E-state index in [1.807, 2.05) is 51.1 Å². The first-order valence-electron chi connectivity index (χ1n) is 8.73. The van der Waals surface area contributed by atoms with Crippen molar-refractivity contribution in [1.29, 1.82) is 0 Å². The van der Waals surface area contributed by atoms with Gasteiger partial charge in [-0.25, -0.2) is 8.42 Å². The number of sulfonamides is 1. The second-order valence-electron chi connectivity index (χ2n) is 7.40. The van der Waals surface area contributed by atoms with E-state index in [9.17, 15) is 13.2 Å². The number of hydrogen-bond acceptors (Lipinski definition) is 4. The summed E-state index contributed by atoms with van der Waals surface area (Å²) >= 11 is 5.97. The van der Waals surface area contributed by atoms with Gasteiger partial charge in [-0.1, -0.05) is 41.9 Å². The largest absolute Gasteiger partial charge is 0.495 e. The highest BCUT2D eigenvalue weighted by Crippen LogP contribution is 2.27. The molecule has 2 aromatic rings. The summed E-state index contributed by atoms with van der Waals surface area (Å²) in [5.74, 6) is -0.271. The van der Waals surface area contributed by atoms with Gasteiger partial charge >= 0.3 is 0 Å². The van der Waals surface area contributed by atoms with E-state index in [2.05, 4.69) is 10.0 Å². The minimum absolute atomic E-state index is 0.121. The van der Waals surface area contributed by atoms with Gasteiger partial charge in [0.1, 0.15) is 16.7 Å². The van der Waals surface area contributed by atoms with Crippen LogP contribution in [0.15, 0.2) is 53.4 Å². The number of benzene rings is 2. The maximum atomic E-state index is 13.0. The van der Waals surface area contributed by atoms with Crippen molar-refractivity contribution in [1.82, 2.24) is 10.0 Å². The molecule has 0 aliphatic carbocycles. The van der Waals surface area contributed by atoms with Gasteiger partial charge in [0.2, 0.25) is 15.9 Å². The maximum absolute atomic E-state index is 13.0. The third-order valence-corrected chi connectivity index (χ3v) is 5.54. The number of nitrogens with one attached hydrogen (secondary N) is 2. The Balaban J connectivity index is 2.37. The monoisotopic (exact) mass is 424 g/mol. The van der Waals surface area contributed by atoms with Crippen molar-refractivity contribution in [3.8, 4) is 5.75 Å². The minimum Gasteiger partial charge on any atom is -0.495 e. The van der Waals surface area contributed by atoms with E-state index >= 15 is 0 Å². The van der Waals surface area contributed by atoms with Gasteiger partial charge in [-0.3, -0.25) is 4.79 Å². The smallest absolute Gasteiger partial charge is 0.245 e. The average molecular weight is 425 g/mol. The zero-order valence-corrected chi connectivity index (χ0v) is 17.9. The molecule has 0 saturated heterocycles. The summed E-state index contributed by atoms with van der Waals surface area (Å²) in [7, 11) is -2.69. The lowest BCUT2D eigenvalue weighted by Crippen LogP contribution is -2.53. The molecular formula is C20H25ClN2O4S. The van der Waals surface area contributed by atoms with E-state index in [0.29, 0.717) is 0 Å². The summed E-state index contributed by atoms with van der Waals surface area (Å²) in [6.07, 6.45) is 0.199.